The van der Waals surface area contributed by atoms with Crippen molar-refractivity contribution in [3.8, 4) is 0 Å². The molecule has 0 aliphatic rings. The summed E-state index contributed by atoms with van der Waals surface area (Å²) < 4.78 is 28.4. The molecule has 0 saturated carbocycles. The van der Waals surface area contributed by atoms with Crippen LogP contribution in [0.2, 0.25) is 0 Å². The maximum absolute atomic E-state index is 14.2. The topological polar surface area (TPSA) is 29.3 Å². The number of hydrogen-bond donors (Lipinski definition) is 1. The number of nitrogens with zero attached hydrogens (tertiary/aromatic N) is 1. The summed E-state index contributed by atoms with van der Waals surface area (Å²) in [7, 11) is 0. The Labute approximate surface area is 124 Å². The van der Waals surface area contributed by atoms with Gasteiger partial charge in [0.2, 0.25) is 0 Å². The fraction of sp³-hybridized carbons (Fsp3) is 0.294. The number of rotatable bonds is 5. The fourth-order valence-electron chi connectivity index (χ4n) is 2.38. The van der Waals surface area contributed by atoms with Gasteiger partial charge in [0, 0.05) is 19.6 Å². The summed E-state index contributed by atoms with van der Waals surface area (Å²) in [4.78, 5) is 1.70. The summed E-state index contributed by atoms with van der Waals surface area (Å²) in [6, 6.07) is 10.5. The molecule has 0 fully saturated rings. The normalized spacial score (nSPS) is 10.7. The predicted molar refractivity (Wildman–Crippen MR) is 82.2 cm³/mol. The van der Waals surface area contributed by atoms with Crippen LogP contribution in [0.3, 0.4) is 0 Å². The Hall–Kier alpha value is -1.94. The van der Waals surface area contributed by atoms with Crippen LogP contribution in [-0.4, -0.2) is 6.54 Å². The first-order chi connectivity index (χ1) is 10.1. The maximum Gasteiger partial charge on any atom is 0.149 e. The molecule has 2 N–H and O–H groups in total. The van der Waals surface area contributed by atoms with Gasteiger partial charge < -0.3 is 10.6 Å². The Morgan fingerprint density at radius 1 is 1.10 bits per heavy atom. The largest absolute Gasteiger partial charge is 0.363 e. The Morgan fingerprint density at radius 3 is 2.24 bits per heavy atom. The van der Waals surface area contributed by atoms with E-state index in [-0.39, 0.29) is 12.2 Å². The van der Waals surface area contributed by atoms with E-state index >= 15 is 0 Å². The molecule has 0 atom stereocenters. The Bertz CT molecular complexity index is 603. The van der Waals surface area contributed by atoms with E-state index in [0.717, 1.165) is 11.1 Å². The Kier molecular flexibility index (Phi) is 4.91. The van der Waals surface area contributed by atoms with Gasteiger partial charge in [-0.05, 0) is 42.7 Å². The van der Waals surface area contributed by atoms with Crippen LogP contribution in [0.5, 0.6) is 0 Å². The van der Waals surface area contributed by atoms with Gasteiger partial charge >= 0.3 is 0 Å². The van der Waals surface area contributed by atoms with Crippen molar-refractivity contribution in [1.29, 1.82) is 0 Å². The molecule has 0 spiro atoms. The van der Waals surface area contributed by atoms with E-state index in [1.165, 1.54) is 12.1 Å². The smallest absolute Gasteiger partial charge is 0.149 e. The second kappa shape index (κ2) is 6.68. The minimum absolute atomic E-state index is 0.0120. The van der Waals surface area contributed by atoms with Crippen LogP contribution >= 0.6 is 0 Å². The van der Waals surface area contributed by atoms with Crippen molar-refractivity contribution in [2.75, 3.05) is 11.4 Å². The molecule has 0 aromatic heterocycles. The molecule has 0 heterocycles. The van der Waals surface area contributed by atoms with Crippen LogP contribution < -0.4 is 10.6 Å². The molecule has 0 radical (unpaired) electrons. The lowest BCUT2D eigenvalue weighted by Crippen LogP contribution is -2.25. The number of nitrogens with two attached hydrogens (primary N) is 1. The van der Waals surface area contributed by atoms with Crippen molar-refractivity contribution < 1.29 is 8.78 Å². The minimum Gasteiger partial charge on any atom is -0.363 e. The van der Waals surface area contributed by atoms with Gasteiger partial charge in [0.15, 0.2) is 0 Å². The van der Waals surface area contributed by atoms with E-state index in [2.05, 4.69) is 0 Å². The molecular weight excluding hydrogens is 270 g/mol. The van der Waals surface area contributed by atoms with Crippen LogP contribution in [0.1, 0.15) is 23.6 Å². The SMILES string of the molecule is CCN(Cc1ccccc1C)c1c(F)cc(CN)cc1F. The highest BCUT2D eigenvalue weighted by Crippen LogP contribution is 2.27. The number of aryl methyl sites for hydroxylation is 1. The summed E-state index contributed by atoms with van der Waals surface area (Å²) in [5.41, 5.74) is 8.08. The van der Waals surface area contributed by atoms with Crippen LogP contribution in [0.25, 0.3) is 0 Å². The zero-order valence-corrected chi connectivity index (χ0v) is 12.4. The molecule has 4 heteroatoms. The number of halogens is 2. The average molecular weight is 290 g/mol. The second-order valence-electron chi connectivity index (χ2n) is 5.05. The first-order valence-corrected chi connectivity index (χ1v) is 7.04. The summed E-state index contributed by atoms with van der Waals surface area (Å²) >= 11 is 0. The van der Waals surface area contributed by atoms with Crippen molar-refractivity contribution in [3.63, 3.8) is 0 Å². The zero-order valence-electron chi connectivity index (χ0n) is 12.4. The summed E-state index contributed by atoms with van der Waals surface area (Å²) in [6.45, 7) is 4.99. The fourth-order valence-corrected chi connectivity index (χ4v) is 2.38. The van der Waals surface area contributed by atoms with Crippen molar-refractivity contribution in [2.45, 2.75) is 26.9 Å². The van der Waals surface area contributed by atoms with Gasteiger partial charge in [-0.1, -0.05) is 24.3 Å². The van der Waals surface area contributed by atoms with Crippen LogP contribution in [0, 0.1) is 18.6 Å². The Morgan fingerprint density at radius 2 is 1.71 bits per heavy atom. The lowest BCUT2D eigenvalue weighted by atomic mass is 10.1. The molecule has 0 aliphatic carbocycles. The van der Waals surface area contributed by atoms with Crippen LogP contribution in [0.4, 0.5) is 14.5 Å². The van der Waals surface area contributed by atoms with Crippen LogP contribution in [0.15, 0.2) is 36.4 Å². The highest BCUT2D eigenvalue weighted by atomic mass is 19.1. The molecule has 21 heavy (non-hydrogen) atoms. The van der Waals surface area contributed by atoms with Crippen molar-refractivity contribution in [3.05, 3.63) is 64.7 Å². The Balaban J connectivity index is 2.36. The molecule has 112 valence electrons. The highest BCUT2D eigenvalue weighted by Gasteiger charge is 2.17. The molecule has 0 amide bonds. The average Bonchev–Trinajstić information content (AvgIpc) is 2.47. The van der Waals surface area contributed by atoms with Gasteiger partial charge in [0.1, 0.15) is 17.3 Å². The van der Waals surface area contributed by atoms with Gasteiger partial charge in [-0.15, -0.1) is 0 Å². The molecule has 2 aromatic rings. The van der Waals surface area contributed by atoms with Gasteiger partial charge in [0.05, 0.1) is 0 Å². The first-order valence-electron chi connectivity index (χ1n) is 7.04. The minimum atomic E-state index is -0.564. The molecule has 0 bridgehead atoms. The second-order valence-corrected chi connectivity index (χ2v) is 5.05. The van der Waals surface area contributed by atoms with Gasteiger partial charge in [-0.25, -0.2) is 8.78 Å². The summed E-state index contributed by atoms with van der Waals surface area (Å²) in [6.07, 6.45) is 0. The van der Waals surface area contributed by atoms with E-state index < -0.39 is 11.6 Å². The first kappa shape index (κ1) is 15.4. The summed E-state index contributed by atoms with van der Waals surface area (Å²) in [5, 5.41) is 0. The van der Waals surface area contributed by atoms with Crippen LogP contribution in [-0.2, 0) is 13.1 Å². The number of benzene rings is 2. The number of anilines is 1. The summed E-state index contributed by atoms with van der Waals surface area (Å²) in [5.74, 6) is -1.13. The van der Waals surface area contributed by atoms with E-state index in [0.29, 0.717) is 18.7 Å². The van der Waals surface area contributed by atoms with Crippen molar-refractivity contribution in [2.24, 2.45) is 5.73 Å². The zero-order chi connectivity index (χ0) is 15.4. The van der Waals surface area contributed by atoms with Gasteiger partial charge in [0.25, 0.3) is 0 Å². The third kappa shape index (κ3) is 3.39. The molecule has 2 aromatic carbocycles. The quantitative estimate of drug-likeness (QED) is 0.908. The molecule has 0 aliphatic heterocycles. The molecule has 0 unspecified atom stereocenters. The molecular formula is C17H20F2N2. The molecule has 2 nitrogen and oxygen atoms in total. The van der Waals surface area contributed by atoms with Gasteiger partial charge in [-0.2, -0.15) is 0 Å². The highest BCUT2D eigenvalue weighted by molar-refractivity contribution is 5.51. The lowest BCUT2D eigenvalue weighted by molar-refractivity contribution is 0.568. The van der Waals surface area contributed by atoms with E-state index in [1.807, 2.05) is 38.1 Å². The van der Waals surface area contributed by atoms with Crippen molar-refractivity contribution >= 4 is 5.69 Å². The van der Waals surface area contributed by atoms with E-state index in [9.17, 15) is 8.78 Å². The third-order valence-corrected chi connectivity index (χ3v) is 3.63. The van der Waals surface area contributed by atoms with E-state index in [4.69, 9.17) is 5.73 Å². The standard InChI is InChI=1S/C17H20F2N2/c1-3-21(11-14-7-5-4-6-12(14)2)17-15(18)8-13(10-20)9-16(17)19/h4-9H,3,10-11,20H2,1-2H3. The molecule has 0 saturated heterocycles. The van der Waals surface area contributed by atoms with E-state index in [1.54, 1.807) is 4.90 Å². The predicted octanol–water partition coefficient (Wildman–Crippen LogP) is 3.76. The lowest BCUT2D eigenvalue weighted by Gasteiger charge is -2.25. The maximum atomic E-state index is 14.2. The van der Waals surface area contributed by atoms with Crippen molar-refractivity contribution in [1.82, 2.24) is 0 Å². The molecule has 2 rings (SSSR count). The van der Waals surface area contributed by atoms with Gasteiger partial charge in [-0.3, -0.25) is 0 Å². The third-order valence-electron chi connectivity index (χ3n) is 3.63. The monoisotopic (exact) mass is 290 g/mol. The number of hydrogen-bond acceptors (Lipinski definition) is 2.